The summed E-state index contributed by atoms with van der Waals surface area (Å²) in [6.45, 7) is 2.85. The van der Waals surface area contributed by atoms with Gasteiger partial charge in [0.25, 0.3) is 5.91 Å². The fraction of sp³-hybridized carbons (Fsp3) is 0.421. The smallest absolute Gasteiger partial charge is 0.367 e. The summed E-state index contributed by atoms with van der Waals surface area (Å²) < 4.78 is 56.2. The largest absolute Gasteiger partial charge is 0.412 e. The summed E-state index contributed by atoms with van der Waals surface area (Å²) in [6, 6.07) is 2.91. The summed E-state index contributed by atoms with van der Waals surface area (Å²) in [5, 5.41) is 1.97. The average molecular weight is 398 g/mol. The lowest BCUT2D eigenvalue weighted by molar-refractivity contribution is -0.155. The lowest BCUT2D eigenvalue weighted by Gasteiger charge is -2.34. The molecule has 28 heavy (non-hydrogen) atoms. The van der Waals surface area contributed by atoms with E-state index in [4.69, 9.17) is 0 Å². The predicted molar refractivity (Wildman–Crippen MR) is 97.8 cm³/mol. The first kappa shape index (κ1) is 20.2. The van der Waals surface area contributed by atoms with Gasteiger partial charge in [-0.15, -0.1) is 0 Å². The van der Waals surface area contributed by atoms with Crippen molar-refractivity contribution in [1.82, 2.24) is 14.8 Å². The number of amides is 1. The Morgan fingerprint density at radius 3 is 2.32 bits per heavy atom. The third-order valence-electron chi connectivity index (χ3n) is 4.84. The summed E-state index contributed by atoms with van der Waals surface area (Å²) in [6.07, 6.45) is -1.92. The molecule has 1 aromatic heterocycles. The van der Waals surface area contributed by atoms with E-state index in [1.807, 2.05) is 17.3 Å². The maximum absolute atomic E-state index is 14.5. The zero-order chi connectivity index (χ0) is 20.5. The highest BCUT2D eigenvalue weighted by atomic mass is 19.4. The minimum atomic E-state index is -4.67. The van der Waals surface area contributed by atoms with Crippen LogP contribution in [0.3, 0.4) is 0 Å². The number of hydrogen-bond acceptors (Lipinski definition) is 3. The fourth-order valence-corrected chi connectivity index (χ4v) is 3.22. The minimum Gasteiger partial charge on any atom is -0.367 e. The van der Waals surface area contributed by atoms with Gasteiger partial charge in [-0.05, 0) is 31.3 Å². The Bertz CT molecular complexity index is 841. The van der Waals surface area contributed by atoms with E-state index in [9.17, 15) is 22.4 Å². The summed E-state index contributed by atoms with van der Waals surface area (Å²) in [5.74, 6) is -1.60. The Kier molecular flexibility index (Phi) is 5.64. The number of nitrogens with one attached hydrogen (secondary N) is 1. The van der Waals surface area contributed by atoms with Crippen molar-refractivity contribution in [2.75, 3.05) is 38.1 Å². The molecular formula is C19H22F4N4O. The van der Waals surface area contributed by atoms with Crippen molar-refractivity contribution in [3.8, 4) is 0 Å². The van der Waals surface area contributed by atoms with Crippen LogP contribution in [-0.4, -0.2) is 54.8 Å². The molecule has 1 atom stereocenters. The first-order valence-corrected chi connectivity index (χ1v) is 8.87. The summed E-state index contributed by atoms with van der Waals surface area (Å²) in [5.41, 5.74) is 0.110. The third-order valence-corrected chi connectivity index (χ3v) is 4.84. The maximum Gasteiger partial charge on any atom is 0.412 e. The van der Waals surface area contributed by atoms with Crippen LogP contribution in [0.25, 0.3) is 0 Å². The molecule has 9 heteroatoms. The Morgan fingerprint density at radius 1 is 1.11 bits per heavy atom. The van der Waals surface area contributed by atoms with E-state index in [2.05, 4.69) is 4.90 Å². The van der Waals surface area contributed by atoms with E-state index in [1.54, 1.807) is 7.05 Å². The molecule has 1 aliphatic rings. The van der Waals surface area contributed by atoms with E-state index in [0.29, 0.717) is 18.8 Å². The number of halogens is 4. The number of alkyl halides is 3. The topological polar surface area (TPSA) is 40.5 Å². The molecule has 1 N–H and O–H groups in total. The van der Waals surface area contributed by atoms with Gasteiger partial charge in [0.1, 0.15) is 5.82 Å². The molecule has 1 amide bonds. The second-order valence-electron chi connectivity index (χ2n) is 7.01. The third kappa shape index (κ3) is 4.46. The molecule has 2 aromatic rings. The average Bonchev–Trinajstić information content (AvgIpc) is 3.05. The van der Waals surface area contributed by atoms with Crippen LogP contribution < -0.4 is 10.2 Å². The van der Waals surface area contributed by atoms with Gasteiger partial charge in [-0.2, -0.15) is 13.2 Å². The van der Waals surface area contributed by atoms with E-state index < -0.39 is 23.9 Å². The zero-order valence-electron chi connectivity index (χ0n) is 15.6. The van der Waals surface area contributed by atoms with Crippen LogP contribution in [0.1, 0.15) is 22.0 Å². The van der Waals surface area contributed by atoms with Crippen LogP contribution >= 0.6 is 0 Å². The molecule has 2 heterocycles. The molecule has 1 fully saturated rings. The van der Waals surface area contributed by atoms with Crippen molar-refractivity contribution in [2.45, 2.75) is 12.2 Å². The lowest BCUT2D eigenvalue weighted by Crippen LogP contribution is -2.44. The zero-order valence-corrected chi connectivity index (χ0v) is 15.6. The summed E-state index contributed by atoms with van der Waals surface area (Å²) in [4.78, 5) is 16.3. The fourth-order valence-electron chi connectivity index (χ4n) is 3.22. The number of anilines is 1. The van der Waals surface area contributed by atoms with Crippen molar-refractivity contribution < 1.29 is 22.4 Å². The highest BCUT2D eigenvalue weighted by Crippen LogP contribution is 2.33. The Balaban J connectivity index is 1.77. The Labute approximate surface area is 160 Å². The van der Waals surface area contributed by atoms with Crippen LogP contribution in [0, 0.1) is 5.82 Å². The Morgan fingerprint density at radius 2 is 1.79 bits per heavy atom. The van der Waals surface area contributed by atoms with Gasteiger partial charge in [0.15, 0.2) is 6.04 Å². The number of piperazine rings is 1. The number of aromatic nitrogens is 1. The van der Waals surface area contributed by atoms with E-state index >= 15 is 0 Å². The van der Waals surface area contributed by atoms with Crippen LogP contribution in [0.15, 0.2) is 36.7 Å². The van der Waals surface area contributed by atoms with Crippen LogP contribution in [0.4, 0.5) is 23.2 Å². The predicted octanol–water partition coefficient (Wildman–Crippen LogP) is 2.95. The number of carbonyl (C=O) groups is 1. The molecule has 1 aliphatic heterocycles. The van der Waals surface area contributed by atoms with E-state index in [-0.39, 0.29) is 11.1 Å². The molecule has 0 spiro atoms. The highest BCUT2D eigenvalue weighted by molar-refractivity contribution is 5.95. The van der Waals surface area contributed by atoms with Crippen molar-refractivity contribution in [3.05, 3.63) is 53.6 Å². The van der Waals surface area contributed by atoms with Gasteiger partial charge in [-0.1, -0.05) is 0 Å². The number of carbonyl (C=O) groups excluding carboxylic acids is 1. The number of hydrogen-bond donors (Lipinski definition) is 1. The maximum atomic E-state index is 14.5. The molecular weight excluding hydrogens is 376 g/mol. The van der Waals surface area contributed by atoms with Gasteiger partial charge in [0.05, 0.1) is 5.69 Å². The second-order valence-corrected chi connectivity index (χ2v) is 7.01. The molecule has 1 saturated heterocycles. The van der Waals surface area contributed by atoms with Gasteiger partial charge in [0, 0.05) is 56.7 Å². The molecule has 0 bridgehead atoms. The van der Waals surface area contributed by atoms with Crippen molar-refractivity contribution >= 4 is 11.6 Å². The second kappa shape index (κ2) is 7.83. The molecule has 5 nitrogen and oxygen atoms in total. The van der Waals surface area contributed by atoms with Crippen molar-refractivity contribution in [1.29, 1.82) is 0 Å². The van der Waals surface area contributed by atoms with Gasteiger partial charge < -0.3 is 19.7 Å². The van der Waals surface area contributed by atoms with Crippen LogP contribution in [-0.2, 0) is 7.05 Å². The standard InChI is InChI=1S/C19H22F4N4O/c1-25-7-9-27(10-8-25)16-4-3-13(11-15(16)20)18(28)24-17(19(21,22)23)14-5-6-26(2)12-14/h3-6,11-12,17H,7-10H2,1-2H3,(H,24,28)/t17-/m1/s1. The van der Waals surface area contributed by atoms with Gasteiger partial charge >= 0.3 is 6.18 Å². The number of benzene rings is 1. The lowest BCUT2D eigenvalue weighted by atomic mass is 10.1. The van der Waals surface area contributed by atoms with E-state index in [0.717, 1.165) is 19.2 Å². The van der Waals surface area contributed by atoms with E-state index in [1.165, 1.54) is 35.2 Å². The number of likely N-dealkylation sites (N-methyl/N-ethyl adjacent to an activating group) is 1. The summed E-state index contributed by atoms with van der Waals surface area (Å²) in [7, 11) is 3.57. The molecule has 1 aromatic carbocycles. The SMILES string of the molecule is CN1CCN(c2ccc(C(=O)N[C@H](c3ccn(C)c3)C(F)(F)F)cc2F)CC1. The highest BCUT2D eigenvalue weighted by Gasteiger charge is 2.42. The molecule has 152 valence electrons. The first-order chi connectivity index (χ1) is 13.1. The van der Waals surface area contributed by atoms with Gasteiger partial charge in [-0.3, -0.25) is 4.79 Å². The number of aryl methyl sites for hydroxylation is 1. The summed E-state index contributed by atoms with van der Waals surface area (Å²) >= 11 is 0. The van der Waals surface area contributed by atoms with Crippen LogP contribution in [0.5, 0.6) is 0 Å². The molecule has 0 radical (unpaired) electrons. The first-order valence-electron chi connectivity index (χ1n) is 8.87. The van der Waals surface area contributed by atoms with Crippen LogP contribution in [0.2, 0.25) is 0 Å². The minimum absolute atomic E-state index is 0.0853. The molecule has 0 saturated carbocycles. The quantitative estimate of drug-likeness (QED) is 0.806. The van der Waals surface area contributed by atoms with Gasteiger partial charge in [0.2, 0.25) is 0 Å². The molecule has 3 rings (SSSR count). The molecule has 0 unspecified atom stereocenters. The number of rotatable bonds is 4. The van der Waals surface area contributed by atoms with Gasteiger partial charge in [-0.25, -0.2) is 4.39 Å². The Hall–Kier alpha value is -2.55. The van der Waals surface area contributed by atoms with Crippen molar-refractivity contribution in [3.63, 3.8) is 0 Å². The van der Waals surface area contributed by atoms with Crippen molar-refractivity contribution in [2.24, 2.45) is 7.05 Å². The molecule has 0 aliphatic carbocycles. The normalized spacial score (nSPS) is 16.9. The monoisotopic (exact) mass is 398 g/mol. The number of nitrogens with zero attached hydrogens (tertiary/aromatic N) is 3.